The molecule has 0 aliphatic rings. The molecule has 2 rings (SSSR count). The van der Waals surface area contributed by atoms with Gasteiger partial charge in [0.15, 0.2) is 0 Å². The van der Waals surface area contributed by atoms with E-state index < -0.39 is 10.0 Å². The maximum atomic E-state index is 12.8. The van der Waals surface area contributed by atoms with Crippen LogP contribution in [0.15, 0.2) is 41.3 Å². The van der Waals surface area contributed by atoms with Crippen LogP contribution in [-0.4, -0.2) is 34.8 Å². The van der Waals surface area contributed by atoms with E-state index in [0.29, 0.717) is 17.9 Å². The second-order valence-corrected chi connectivity index (χ2v) is 9.23. The summed E-state index contributed by atoms with van der Waals surface area (Å²) in [4.78, 5) is 13.2. The molecule has 0 saturated carbocycles. The average Bonchev–Trinajstić information content (AvgIpc) is 2.65. The third kappa shape index (κ3) is 6.31. The lowest BCUT2D eigenvalue weighted by molar-refractivity contribution is -0.117. The van der Waals surface area contributed by atoms with Crippen LogP contribution in [0, 0.1) is 0 Å². The third-order valence-electron chi connectivity index (χ3n) is 4.88. The molecule has 0 spiro atoms. The Morgan fingerprint density at radius 2 is 1.50 bits per heavy atom. The highest BCUT2D eigenvalue weighted by Gasteiger charge is 2.17. The number of carbonyl (C=O) groups is 1. The van der Waals surface area contributed by atoms with Crippen molar-refractivity contribution in [3.8, 4) is 0 Å². The highest BCUT2D eigenvalue weighted by atomic mass is 32.2. The minimum absolute atomic E-state index is 0.251. The van der Waals surface area contributed by atoms with E-state index in [9.17, 15) is 13.2 Å². The lowest BCUT2D eigenvalue weighted by atomic mass is 10.1. The van der Waals surface area contributed by atoms with E-state index >= 15 is 0 Å². The zero-order chi connectivity index (χ0) is 20.6. The van der Waals surface area contributed by atoms with Crippen LogP contribution in [0.3, 0.4) is 0 Å². The number of anilines is 1. The summed E-state index contributed by atoms with van der Waals surface area (Å²) in [5.74, 6) is 0.251. The number of ketones is 1. The van der Waals surface area contributed by atoms with Gasteiger partial charge in [-0.15, -0.1) is 0 Å². The molecule has 0 radical (unpaired) electrons. The SMILES string of the molecule is CC(=O)CCCCCCCCNS(=O)(=O)c1cccc2c(N(C)C)cccc12. The van der Waals surface area contributed by atoms with Crippen molar-refractivity contribution in [1.82, 2.24) is 4.72 Å². The van der Waals surface area contributed by atoms with E-state index in [1.54, 1.807) is 19.1 Å². The molecule has 0 fully saturated rings. The van der Waals surface area contributed by atoms with Crippen molar-refractivity contribution in [1.29, 1.82) is 0 Å². The minimum Gasteiger partial charge on any atom is -0.377 e. The van der Waals surface area contributed by atoms with Gasteiger partial charge in [-0.3, -0.25) is 0 Å². The monoisotopic (exact) mass is 404 g/mol. The van der Waals surface area contributed by atoms with Crippen LogP contribution in [0.25, 0.3) is 10.8 Å². The van der Waals surface area contributed by atoms with Crippen LogP contribution in [-0.2, 0) is 14.8 Å². The lowest BCUT2D eigenvalue weighted by Crippen LogP contribution is -2.25. The van der Waals surface area contributed by atoms with Crippen LogP contribution in [0.4, 0.5) is 5.69 Å². The van der Waals surface area contributed by atoms with Crippen molar-refractivity contribution in [3.63, 3.8) is 0 Å². The number of Topliss-reactive ketones (excluding diaryl/α,β-unsaturated/α-hetero) is 1. The van der Waals surface area contributed by atoms with Gasteiger partial charge in [0.05, 0.1) is 4.90 Å². The summed E-state index contributed by atoms with van der Waals surface area (Å²) in [5, 5.41) is 1.67. The summed E-state index contributed by atoms with van der Waals surface area (Å²) < 4.78 is 28.4. The summed E-state index contributed by atoms with van der Waals surface area (Å²) >= 11 is 0. The quantitative estimate of drug-likeness (QED) is 0.529. The van der Waals surface area contributed by atoms with Crippen molar-refractivity contribution in [2.45, 2.75) is 56.8 Å². The number of nitrogens with zero attached hydrogens (tertiary/aromatic N) is 1. The average molecular weight is 405 g/mol. The van der Waals surface area contributed by atoms with Gasteiger partial charge in [-0.1, -0.05) is 49.9 Å². The van der Waals surface area contributed by atoms with Gasteiger partial charge in [0, 0.05) is 43.5 Å². The molecule has 6 heteroatoms. The number of unbranched alkanes of at least 4 members (excludes halogenated alkanes) is 5. The van der Waals surface area contributed by atoms with Crippen molar-refractivity contribution in [3.05, 3.63) is 36.4 Å². The molecule has 2 aromatic rings. The summed E-state index contributed by atoms with van der Waals surface area (Å²) in [5.41, 5.74) is 0.999. The summed E-state index contributed by atoms with van der Waals surface area (Å²) in [7, 11) is 0.359. The molecule has 154 valence electrons. The van der Waals surface area contributed by atoms with E-state index in [1.165, 1.54) is 0 Å². The summed E-state index contributed by atoms with van der Waals surface area (Å²) in [6.07, 6.45) is 6.66. The Hall–Kier alpha value is -1.92. The lowest BCUT2D eigenvalue weighted by Gasteiger charge is -2.17. The molecule has 0 saturated heterocycles. The molecule has 0 aliphatic heterocycles. The highest BCUT2D eigenvalue weighted by Crippen LogP contribution is 2.30. The maximum Gasteiger partial charge on any atom is 0.241 e. The Morgan fingerprint density at radius 1 is 0.893 bits per heavy atom. The smallest absolute Gasteiger partial charge is 0.241 e. The van der Waals surface area contributed by atoms with Gasteiger partial charge in [0.1, 0.15) is 5.78 Å². The normalized spacial score (nSPS) is 11.7. The second kappa shape index (κ2) is 10.6. The Labute approximate surface area is 169 Å². The molecule has 28 heavy (non-hydrogen) atoms. The van der Waals surface area contributed by atoms with E-state index in [2.05, 4.69) is 4.72 Å². The largest absolute Gasteiger partial charge is 0.377 e. The first kappa shape index (κ1) is 22.4. The molecule has 2 aromatic carbocycles. The van der Waals surface area contributed by atoms with Crippen LogP contribution >= 0.6 is 0 Å². The van der Waals surface area contributed by atoms with Gasteiger partial charge in [-0.25, -0.2) is 13.1 Å². The Kier molecular flexibility index (Phi) is 8.45. The van der Waals surface area contributed by atoms with Gasteiger partial charge in [0.25, 0.3) is 0 Å². The Morgan fingerprint density at radius 3 is 2.18 bits per heavy atom. The number of carbonyl (C=O) groups excluding carboxylic acids is 1. The van der Waals surface area contributed by atoms with Gasteiger partial charge >= 0.3 is 0 Å². The van der Waals surface area contributed by atoms with Crippen LogP contribution in [0.5, 0.6) is 0 Å². The standard InChI is InChI=1S/C22H32N2O3S/c1-18(25)12-8-6-4-5-7-9-17-23-28(26,27)22-16-11-13-19-20(22)14-10-15-21(19)24(2)3/h10-11,13-16,23H,4-9,12,17H2,1-3H3. The van der Waals surface area contributed by atoms with Crippen molar-refractivity contribution in [2.24, 2.45) is 0 Å². The number of fused-ring (bicyclic) bond motifs is 1. The molecule has 0 bridgehead atoms. The van der Waals surface area contributed by atoms with E-state index in [-0.39, 0.29) is 5.78 Å². The van der Waals surface area contributed by atoms with Crippen molar-refractivity contribution in [2.75, 3.05) is 25.5 Å². The molecular weight excluding hydrogens is 372 g/mol. The number of hydrogen-bond acceptors (Lipinski definition) is 4. The fraction of sp³-hybridized carbons (Fsp3) is 0.500. The molecular formula is C22H32N2O3S. The number of nitrogens with one attached hydrogen (secondary N) is 1. The van der Waals surface area contributed by atoms with Gasteiger partial charge < -0.3 is 9.69 Å². The molecule has 0 heterocycles. The third-order valence-corrected chi connectivity index (χ3v) is 6.40. The fourth-order valence-corrected chi connectivity index (χ4v) is 4.67. The predicted octanol–water partition coefficient (Wildman–Crippen LogP) is 4.50. The van der Waals surface area contributed by atoms with Crippen molar-refractivity contribution >= 4 is 32.3 Å². The number of hydrogen-bond donors (Lipinski definition) is 1. The van der Waals surface area contributed by atoms with E-state index in [0.717, 1.165) is 55.0 Å². The molecule has 0 aliphatic carbocycles. The number of rotatable bonds is 12. The molecule has 0 amide bonds. The molecule has 0 atom stereocenters. The predicted molar refractivity (Wildman–Crippen MR) is 116 cm³/mol. The number of benzene rings is 2. The Balaban J connectivity index is 1.90. The zero-order valence-corrected chi connectivity index (χ0v) is 18.0. The summed E-state index contributed by atoms with van der Waals surface area (Å²) in [6, 6.07) is 11.2. The van der Waals surface area contributed by atoms with E-state index in [4.69, 9.17) is 0 Å². The molecule has 5 nitrogen and oxygen atoms in total. The maximum absolute atomic E-state index is 12.8. The summed E-state index contributed by atoms with van der Waals surface area (Å²) in [6.45, 7) is 2.07. The van der Waals surface area contributed by atoms with Gasteiger partial charge in [-0.2, -0.15) is 0 Å². The molecule has 0 unspecified atom stereocenters. The second-order valence-electron chi connectivity index (χ2n) is 7.49. The van der Waals surface area contributed by atoms with Gasteiger partial charge in [0.2, 0.25) is 10.0 Å². The Bertz CT molecular complexity index is 892. The van der Waals surface area contributed by atoms with Crippen LogP contribution in [0.2, 0.25) is 0 Å². The van der Waals surface area contributed by atoms with Crippen LogP contribution in [0.1, 0.15) is 51.9 Å². The first-order chi connectivity index (χ1) is 13.3. The zero-order valence-electron chi connectivity index (χ0n) is 17.2. The topological polar surface area (TPSA) is 66.5 Å². The molecule has 0 aromatic heterocycles. The van der Waals surface area contributed by atoms with Crippen molar-refractivity contribution < 1.29 is 13.2 Å². The van der Waals surface area contributed by atoms with Gasteiger partial charge in [-0.05, 0) is 31.9 Å². The first-order valence-corrected chi connectivity index (χ1v) is 11.5. The molecule has 1 N–H and O–H groups in total. The fourth-order valence-electron chi connectivity index (χ4n) is 3.38. The minimum atomic E-state index is -3.55. The van der Waals surface area contributed by atoms with E-state index in [1.807, 2.05) is 43.3 Å². The first-order valence-electron chi connectivity index (χ1n) is 10.0. The van der Waals surface area contributed by atoms with Crippen LogP contribution < -0.4 is 9.62 Å². The highest BCUT2D eigenvalue weighted by molar-refractivity contribution is 7.89. The number of sulfonamides is 1.